The van der Waals surface area contributed by atoms with Crippen molar-refractivity contribution in [3.05, 3.63) is 23.3 Å². The summed E-state index contributed by atoms with van der Waals surface area (Å²) in [5, 5.41) is 3.55. The average Bonchev–Trinajstić information content (AvgIpc) is 2.80. The highest BCUT2D eigenvalue weighted by Crippen LogP contribution is 2.42. The maximum Gasteiger partial charge on any atom is 0.122 e. The second-order valence-corrected chi connectivity index (χ2v) is 5.63. The van der Waals surface area contributed by atoms with Gasteiger partial charge in [-0.3, -0.25) is 0 Å². The fourth-order valence-corrected chi connectivity index (χ4v) is 3.08. The Morgan fingerprint density at radius 2 is 2.28 bits per heavy atom. The van der Waals surface area contributed by atoms with Crippen molar-refractivity contribution in [1.29, 1.82) is 0 Å². The van der Waals surface area contributed by atoms with Gasteiger partial charge in [-0.25, -0.2) is 0 Å². The first-order chi connectivity index (χ1) is 8.75. The molecule has 0 amide bonds. The van der Waals surface area contributed by atoms with Crippen molar-refractivity contribution >= 4 is 5.69 Å². The van der Waals surface area contributed by atoms with Crippen molar-refractivity contribution in [2.75, 3.05) is 39.1 Å². The molecule has 2 aliphatic rings. The minimum absolute atomic E-state index is 0.652. The van der Waals surface area contributed by atoms with Crippen LogP contribution in [0.1, 0.15) is 29.9 Å². The monoisotopic (exact) mass is 246 g/mol. The normalized spacial score (nSPS) is 21.2. The van der Waals surface area contributed by atoms with Crippen LogP contribution < -0.4 is 10.1 Å². The van der Waals surface area contributed by atoms with Crippen LogP contribution in [0.4, 0.5) is 5.69 Å². The van der Waals surface area contributed by atoms with Crippen molar-refractivity contribution < 1.29 is 4.74 Å². The lowest BCUT2D eigenvalue weighted by Crippen LogP contribution is -2.18. The quantitative estimate of drug-likeness (QED) is 0.886. The highest BCUT2D eigenvalue weighted by Gasteiger charge is 2.28. The molecule has 98 valence electrons. The van der Waals surface area contributed by atoms with Gasteiger partial charge in [-0.2, -0.15) is 0 Å². The van der Waals surface area contributed by atoms with Crippen molar-refractivity contribution in [3.8, 4) is 5.75 Å². The van der Waals surface area contributed by atoms with Crippen LogP contribution in [0.3, 0.4) is 0 Å². The third-order valence-corrected chi connectivity index (χ3v) is 4.01. The van der Waals surface area contributed by atoms with Gasteiger partial charge in [0.2, 0.25) is 0 Å². The molecule has 0 saturated carbocycles. The first-order valence-electron chi connectivity index (χ1n) is 6.93. The minimum atomic E-state index is 0.652. The molecular weight excluding hydrogens is 224 g/mol. The van der Waals surface area contributed by atoms with Crippen molar-refractivity contribution in [1.82, 2.24) is 4.90 Å². The molecule has 0 aliphatic carbocycles. The molecule has 2 heterocycles. The zero-order valence-corrected chi connectivity index (χ0v) is 11.3. The number of fused-ring (bicyclic) bond motifs is 3. The summed E-state index contributed by atoms with van der Waals surface area (Å²) in [6.45, 7) is 3.11. The summed E-state index contributed by atoms with van der Waals surface area (Å²) < 4.78 is 5.78. The molecule has 3 rings (SSSR count). The Bertz CT molecular complexity index is 442. The smallest absolute Gasteiger partial charge is 0.122 e. The number of hydrogen-bond donors (Lipinski definition) is 1. The fourth-order valence-electron chi connectivity index (χ4n) is 3.08. The molecule has 1 aromatic carbocycles. The molecule has 1 unspecified atom stereocenters. The van der Waals surface area contributed by atoms with Crippen molar-refractivity contribution in [2.24, 2.45) is 0 Å². The SMILES string of the molecule is CN(C)CCC1CNc2ccc3c(c21)CCCO3. The van der Waals surface area contributed by atoms with Gasteiger partial charge in [0.05, 0.1) is 6.61 Å². The molecule has 0 spiro atoms. The Morgan fingerprint density at radius 3 is 3.11 bits per heavy atom. The molecular formula is C15H22N2O. The number of anilines is 1. The molecule has 3 heteroatoms. The molecule has 1 N–H and O–H groups in total. The second-order valence-electron chi connectivity index (χ2n) is 5.63. The third kappa shape index (κ3) is 2.07. The molecule has 0 aromatic heterocycles. The summed E-state index contributed by atoms with van der Waals surface area (Å²) in [5.74, 6) is 1.78. The van der Waals surface area contributed by atoms with Gasteiger partial charge < -0.3 is 15.0 Å². The Balaban J connectivity index is 1.89. The zero-order valence-electron chi connectivity index (χ0n) is 11.3. The van der Waals surface area contributed by atoms with Gasteiger partial charge in [0, 0.05) is 18.2 Å². The molecule has 0 radical (unpaired) electrons. The minimum Gasteiger partial charge on any atom is -0.493 e. The number of nitrogens with one attached hydrogen (secondary N) is 1. The van der Waals surface area contributed by atoms with Gasteiger partial charge in [0.1, 0.15) is 5.75 Å². The van der Waals surface area contributed by atoms with Gasteiger partial charge in [-0.1, -0.05) is 0 Å². The zero-order chi connectivity index (χ0) is 12.5. The molecule has 0 saturated heterocycles. The largest absolute Gasteiger partial charge is 0.493 e. The van der Waals surface area contributed by atoms with E-state index in [0.717, 1.165) is 31.9 Å². The van der Waals surface area contributed by atoms with E-state index in [1.54, 1.807) is 0 Å². The Morgan fingerprint density at radius 1 is 1.39 bits per heavy atom. The Kier molecular flexibility index (Phi) is 3.16. The van der Waals surface area contributed by atoms with E-state index in [1.807, 2.05) is 0 Å². The van der Waals surface area contributed by atoms with Gasteiger partial charge in [-0.05, 0) is 63.2 Å². The number of hydrogen-bond acceptors (Lipinski definition) is 3. The maximum absolute atomic E-state index is 5.78. The second kappa shape index (κ2) is 4.81. The van der Waals surface area contributed by atoms with E-state index in [9.17, 15) is 0 Å². The lowest BCUT2D eigenvalue weighted by atomic mass is 9.89. The maximum atomic E-state index is 5.78. The predicted octanol–water partition coefficient (Wildman–Crippen LogP) is 2.47. The van der Waals surface area contributed by atoms with Gasteiger partial charge in [0.15, 0.2) is 0 Å². The topological polar surface area (TPSA) is 24.5 Å². The summed E-state index contributed by atoms with van der Waals surface area (Å²) in [4.78, 5) is 2.27. The van der Waals surface area contributed by atoms with Crippen LogP contribution in [0.2, 0.25) is 0 Å². The molecule has 1 atom stereocenters. The molecule has 0 bridgehead atoms. The number of benzene rings is 1. The van der Waals surface area contributed by atoms with Crippen LogP contribution >= 0.6 is 0 Å². The van der Waals surface area contributed by atoms with Crippen LogP contribution in [0.15, 0.2) is 12.1 Å². The van der Waals surface area contributed by atoms with Crippen LogP contribution in [0.25, 0.3) is 0 Å². The fraction of sp³-hybridized carbons (Fsp3) is 0.600. The van der Waals surface area contributed by atoms with Crippen LogP contribution in [-0.4, -0.2) is 38.7 Å². The first kappa shape index (κ1) is 11.8. The predicted molar refractivity (Wildman–Crippen MR) is 74.7 cm³/mol. The number of ether oxygens (including phenoxy) is 1. The van der Waals surface area contributed by atoms with E-state index in [0.29, 0.717) is 5.92 Å². The van der Waals surface area contributed by atoms with E-state index >= 15 is 0 Å². The molecule has 2 aliphatic heterocycles. The lowest BCUT2D eigenvalue weighted by Gasteiger charge is -2.23. The number of rotatable bonds is 3. The van der Waals surface area contributed by atoms with Crippen molar-refractivity contribution in [3.63, 3.8) is 0 Å². The summed E-state index contributed by atoms with van der Waals surface area (Å²) in [6.07, 6.45) is 3.56. The van der Waals surface area contributed by atoms with Crippen LogP contribution in [0, 0.1) is 0 Å². The van der Waals surface area contributed by atoms with Crippen LogP contribution in [-0.2, 0) is 6.42 Å². The first-order valence-corrected chi connectivity index (χ1v) is 6.93. The third-order valence-electron chi connectivity index (χ3n) is 4.01. The Labute approximate surface area is 109 Å². The van der Waals surface area contributed by atoms with Gasteiger partial charge in [-0.15, -0.1) is 0 Å². The summed E-state index contributed by atoms with van der Waals surface area (Å²) >= 11 is 0. The van der Waals surface area contributed by atoms with E-state index in [-0.39, 0.29) is 0 Å². The van der Waals surface area contributed by atoms with E-state index in [1.165, 1.54) is 29.7 Å². The Hall–Kier alpha value is -1.22. The van der Waals surface area contributed by atoms with E-state index in [2.05, 4.69) is 36.4 Å². The highest BCUT2D eigenvalue weighted by molar-refractivity contribution is 5.64. The molecule has 18 heavy (non-hydrogen) atoms. The number of nitrogens with zero attached hydrogens (tertiary/aromatic N) is 1. The van der Waals surface area contributed by atoms with Gasteiger partial charge >= 0.3 is 0 Å². The highest BCUT2D eigenvalue weighted by atomic mass is 16.5. The van der Waals surface area contributed by atoms with Crippen molar-refractivity contribution in [2.45, 2.75) is 25.2 Å². The van der Waals surface area contributed by atoms with E-state index < -0.39 is 0 Å². The average molecular weight is 246 g/mol. The summed E-state index contributed by atoms with van der Waals surface area (Å²) in [7, 11) is 4.29. The molecule has 1 aromatic rings. The molecule has 0 fully saturated rings. The van der Waals surface area contributed by atoms with Gasteiger partial charge in [0.25, 0.3) is 0 Å². The summed E-state index contributed by atoms with van der Waals surface area (Å²) in [5.41, 5.74) is 4.34. The molecule has 3 nitrogen and oxygen atoms in total. The van der Waals surface area contributed by atoms with Crippen LogP contribution in [0.5, 0.6) is 5.75 Å². The summed E-state index contributed by atoms with van der Waals surface area (Å²) in [6, 6.07) is 4.32. The van der Waals surface area contributed by atoms with E-state index in [4.69, 9.17) is 4.74 Å². The lowest BCUT2D eigenvalue weighted by molar-refractivity contribution is 0.287. The standard InChI is InChI=1S/C15H22N2O/c1-17(2)8-7-11-10-16-13-5-6-14-12(15(11)13)4-3-9-18-14/h5-6,11,16H,3-4,7-10H2,1-2H3.